The quantitative estimate of drug-likeness (QED) is 0.666. The van der Waals surface area contributed by atoms with E-state index < -0.39 is 29.4 Å². The normalized spacial score (nSPS) is 12.5. The van der Waals surface area contributed by atoms with Crippen LogP contribution in [0, 0.1) is 23.3 Å². The van der Waals surface area contributed by atoms with Crippen LogP contribution in [-0.4, -0.2) is 5.11 Å². The highest BCUT2D eigenvalue weighted by Gasteiger charge is 2.20. The van der Waals surface area contributed by atoms with Gasteiger partial charge in [0, 0.05) is 17.0 Å². The van der Waals surface area contributed by atoms with E-state index in [1.54, 1.807) is 0 Å². The SMILES string of the molecule is OC(Cc1ccc(F)cc1Cl)c1ccc(F)c(F)c1F. The third kappa shape index (κ3) is 2.94. The van der Waals surface area contributed by atoms with Crippen molar-refractivity contribution in [3.63, 3.8) is 0 Å². The Hall–Kier alpha value is -1.59. The zero-order valence-electron chi connectivity index (χ0n) is 10.0. The van der Waals surface area contributed by atoms with Crippen molar-refractivity contribution in [1.29, 1.82) is 0 Å². The van der Waals surface area contributed by atoms with Crippen LogP contribution < -0.4 is 0 Å². The molecule has 0 heterocycles. The van der Waals surface area contributed by atoms with Crippen molar-refractivity contribution in [3.05, 3.63) is 69.8 Å². The molecule has 6 heteroatoms. The molecule has 1 N–H and O–H groups in total. The Bertz CT molecular complexity index is 645. The van der Waals surface area contributed by atoms with Gasteiger partial charge < -0.3 is 5.11 Å². The molecule has 0 amide bonds. The van der Waals surface area contributed by atoms with Gasteiger partial charge in [-0.2, -0.15) is 0 Å². The van der Waals surface area contributed by atoms with Crippen molar-refractivity contribution >= 4 is 11.6 Å². The lowest BCUT2D eigenvalue weighted by Gasteiger charge is -2.13. The monoisotopic (exact) mass is 304 g/mol. The van der Waals surface area contributed by atoms with Crippen LogP contribution in [0.4, 0.5) is 17.6 Å². The van der Waals surface area contributed by atoms with E-state index in [4.69, 9.17) is 11.6 Å². The molecule has 106 valence electrons. The van der Waals surface area contributed by atoms with Crippen molar-refractivity contribution in [3.8, 4) is 0 Å². The molecule has 1 unspecified atom stereocenters. The number of benzene rings is 2. The number of hydrogen-bond acceptors (Lipinski definition) is 1. The molecular formula is C14H9ClF4O. The zero-order valence-corrected chi connectivity index (χ0v) is 10.8. The molecule has 0 radical (unpaired) electrons. The first-order chi connectivity index (χ1) is 9.40. The summed E-state index contributed by atoms with van der Waals surface area (Å²) in [6, 6.07) is 5.19. The zero-order chi connectivity index (χ0) is 14.9. The topological polar surface area (TPSA) is 20.2 Å². The predicted octanol–water partition coefficient (Wildman–Crippen LogP) is 4.17. The van der Waals surface area contributed by atoms with Gasteiger partial charge in [0.25, 0.3) is 0 Å². The minimum absolute atomic E-state index is 0.0621. The van der Waals surface area contributed by atoms with Gasteiger partial charge in [-0.05, 0) is 23.8 Å². The molecule has 0 fully saturated rings. The van der Waals surface area contributed by atoms with E-state index in [2.05, 4.69) is 0 Å². The van der Waals surface area contributed by atoms with E-state index in [1.165, 1.54) is 6.07 Å². The van der Waals surface area contributed by atoms with Crippen LogP contribution in [-0.2, 0) is 6.42 Å². The number of aliphatic hydroxyl groups excluding tert-OH is 1. The standard InChI is InChI=1S/C14H9ClF4O/c15-10-6-8(16)2-1-7(10)5-12(20)9-3-4-11(17)14(19)13(9)18/h1-4,6,12,20H,5H2. The van der Waals surface area contributed by atoms with Gasteiger partial charge in [0.05, 0.1) is 6.10 Å². The second-order valence-corrected chi connectivity index (χ2v) is 4.63. The minimum Gasteiger partial charge on any atom is -0.388 e. The van der Waals surface area contributed by atoms with E-state index in [1.807, 2.05) is 0 Å². The summed E-state index contributed by atoms with van der Waals surface area (Å²) in [5.41, 5.74) is -0.0195. The molecule has 2 rings (SSSR count). The molecule has 0 spiro atoms. The fraction of sp³-hybridized carbons (Fsp3) is 0.143. The van der Waals surface area contributed by atoms with E-state index >= 15 is 0 Å². The summed E-state index contributed by atoms with van der Waals surface area (Å²) in [5.74, 6) is -4.98. The molecular weight excluding hydrogens is 296 g/mol. The summed E-state index contributed by atoms with van der Waals surface area (Å²) >= 11 is 5.78. The summed E-state index contributed by atoms with van der Waals surface area (Å²) in [6.07, 6.45) is -1.57. The predicted molar refractivity (Wildman–Crippen MR) is 66.4 cm³/mol. The number of rotatable bonds is 3. The lowest BCUT2D eigenvalue weighted by molar-refractivity contribution is 0.172. The summed E-state index contributed by atoms with van der Waals surface area (Å²) < 4.78 is 52.3. The van der Waals surface area contributed by atoms with Gasteiger partial charge in [-0.25, -0.2) is 17.6 Å². The van der Waals surface area contributed by atoms with Crippen LogP contribution in [0.25, 0.3) is 0 Å². The third-order valence-electron chi connectivity index (χ3n) is 2.85. The molecule has 20 heavy (non-hydrogen) atoms. The van der Waals surface area contributed by atoms with Crippen LogP contribution in [0.1, 0.15) is 17.2 Å². The molecule has 1 atom stereocenters. The molecule has 0 bridgehead atoms. The molecule has 0 saturated heterocycles. The number of aliphatic hydroxyl groups is 1. The molecule has 0 saturated carbocycles. The summed E-state index contributed by atoms with van der Waals surface area (Å²) in [7, 11) is 0. The van der Waals surface area contributed by atoms with E-state index in [0.29, 0.717) is 5.56 Å². The van der Waals surface area contributed by atoms with Crippen LogP contribution in [0.5, 0.6) is 0 Å². The third-order valence-corrected chi connectivity index (χ3v) is 3.20. The Morgan fingerprint density at radius 2 is 1.70 bits per heavy atom. The second-order valence-electron chi connectivity index (χ2n) is 4.22. The Morgan fingerprint density at radius 1 is 1.00 bits per heavy atom. The fourth-order valence-electron chi connectivity index (χ4n) is 1.80. The van der Waals surface area contributed by atoms with Crippen molar-refractivity contribution < 1.29 is 22.7 Å². The average Bonchev–Trinajstić information content (AvgIpc) is 2.39. The van der Waals surface area contributed by atoms with E-state index in [0.717, 1.165) is 24.3 Å². The van der Waals surface area contributed by atoms with Gasteiger partial charge >= 0.3 is 0 Å². The first-order valence-corrected chi connectivity index (χ1v) is 6.03. The van der Waals surface area contributed by atoms with Crippen LogP contribution in [0.3, 0.4) is 0 Å². The summed E-state index contributed by atoms with van der Waals surface area (Å²) in [5, 5.41) is 9.94. The van der Waals surface area contributed by atoms with Gasteiger partial charge in [0.1, 0.15) is 5.82 Å². The van der Waals surface area contributed by atoms with Crippen LogP contribution >= 0.6 is 11.6 Å². The Morgan fingerprint density at radius 3 is 2.35 bits per heavy atom. The van der Waals surface area contributed by atoms with Gasteiger partial charge in [0.2, 0.25) is 0 Å². The highest BCUT2D eigenvalue weighted by atomic mass is 35.5. The van der Waals surface area contributed by atoms with E-state index in [9.17, 15) is 22.7 Å². The van der Waals surface area contributed by atoms with Gasteiger partial charge in [0.15, 0.2) is 17.5 Å². The fourth-order valence-corrected chi connectivity index (χ4v) is 2.05. The van der Waals surface area contributed by atoms with E-state index in [-0.39, 0.29) is 17.0 Å². The average molecular weight is 305 g/mol. The minimum atomic E-state index is -1.65. The molecule has 2 aromatic rings. The molecule has 1 nitrogen and oxygen atoms in total. The maximum absolute atomic E-state index is 13.5. The van der Waals surface area contributed by atoms with Crippen molar-refractivity contribution in [2.45, 2.75) is 12.5 Å². The molecule has 0 aromatic heterocycles. The molecule has 2 aromatic carbocycles. The largest absolute Gasteiger partial charge is 0.388 e. The maximum Gasteiger partial charge on any atom is 0.194 e. The Labute approximate surface area is 117 Å². The summed E-state index contributed by atoms with van der Waals surface area (Å²) in [6.45, 7) is 0. The number of halogens is 5. The van der Waals surface area contributed by atoms with Crippen molar-refractivity contribution in [2.24, 2.45) is 0 Å². The van der Waals surface area contributed by atoms with Crippen LogP contribution in [0.2, 0.25) is 5.02 Å². The maximum atomic E-state index is 13.5. The van der Waals surface area contributed by atoms with Gasteiger partial charge in [-0.3, -0.25) is 0 Å². The first-order valence-electron chi connectivity index (χ1n) is 5.65. The molecule has 0 aliphatic heterocycles. The molecule has 0 aliphatic carbocycles. The lowest BCUT2D eigenvalue weighted by atomic mass is 10.0. The highest BCUT2D eigenvalue weighted by molar-refractivity contribution is 6.31. The highest BCUT2D eigenvalue weighted by Crippen LogP contribution is 2.27. The van der Waals surface area contributed by atoms with Gasteiger partial charge in [-0.15, -0.1) is 0 Å². The smallest absolute Gasteiger partial charge is 0.194 e. The second kappa shape index (κ2) is 5.81. The van der Waals surface area contributed by atoms with Crippen molar-refractivity contribution in [1.82, 2.24) is 0 Å². The number of hydrogen-bond donors (Lipinski definition) is 1. The molecule has 0 aliphatic rings. The lowest BCUT2D eigenvalue weighted by Crippen LogP contribution is -2.07. The van der Waals surface area contributed by atoms with Gasteiger partial charge in [-0.1, -0.05) is 23.7 Å². The van der Waals surface area contributed by atoms with Crippen LogP contribution in [0.15, 0.2) is 30.3 Å². The summed E-state index contributed by atoms with van der Waals surface area (Å²) in [4.78, 5) is 0. The van der Waals surface area contributed by atoms with Crippen molar-refractivity contribution in [2.75, 3.05) is 0 Å². The first kappa shape index (κ1) is 14.8. The Balaban J connectivity index is 2.28. The Kier molecular flexibility index (Phi) is 4.30.